The maximum absolute atomic E-state index is 13.5. The fraction of sp³-hybridized carbons (Fsp3) is 0.364. The number of fused-ring (bicyclic) bond motifs is 1. The molecule has 0 N–H and O–H groups in total. The summed E-state index contributed by atoms with van der Waals surface area (Å²) in [5.41, 5.74) is 1.12. The van der Waals surface area contributed by atoms with Crippen LogP contribution in [0.5, 0.6) is 0 Å². The van der Waals surface area contributed by atoms with Crippen LogP contribution < -0.4 is 4.80 Å². The van der Waals surface area contributed by atoms with E-state index in [0.29, 0.717) is 28.2 Å². The highest BCUT2D eigenvalue weighted by atomic mass is 32.2. The van der Waals surface area contributed by atoms with E-state index >= 15 is 0 Å². The Bertz CT molecular complexity index is 1290. The number of rotatable bonds is 4. The van der Waals surface area contributed by atoms with Gasteiger partial charge in [0, 0.05) is 24.7 Å². The van der Waals surface area contributed by atoms with Crippen molar-refractivity contribution in [3.05, 3.63) is 58.6 Å². The molecule has 6 nitrogen and oxygen atoms in total. The predicted octanol–water partition coefficient (Wildman–Crippen LogP) is 4.17. The fourth-order valence-electron chi connectivity index (χ4n) is 3.92. The van der Waals surface area contributed by atoms with Crippen LogP contribution in [0, 0.1) is 5.82 Å². The van der Waals surface area contributed by atoms with Crippen LogP contribution in [0.3, 0.4) is 0 Å². The van der Waals surface area contributed by atoms with Gasteiger partial charge in [-0.3, -0.25) is 4.79 Å². The number of thiazole rings is 1. The predicted molar refractivity (Wildman–Crippen MR) is 119 cm³/mol. The van der Waals surface area contributed by atoms with Crippen molar-refractivity contribution in [2.45, 2.75) is 50.6 Å². The molecule has 1 aliphatic heterocycles. The number of aryl methyl sites for hydroxylation is 1. The molecule has 1 saturated heterocycles. The Labute approximate surface area is 184 Å². The van der Waals surface area contributed by atoms with Crippen molar-refractivity contribution in [3.63, 3.8) is 0 Å². The standard InChI is InChI=1S/C22H24FN3O3S2/c1-3-25-19-12-9-17(23)14-20(19)30-22(25)24-21(27)16-7-10-18(11-8-16)31(28,29)26-13-5-4-6-15(26)2/h7-12,14-15H,3-6,13H2,1-2H3. The zero-order valence-electron chi connectivity index (χ0n) is 17.4. The first kappa shape index (κ1) is 21.9. The van der Waals surface area contributed by atoms with Crippen LogP contribution in [0.25, 0.3) is 10.2 Å². The lowest BCUT2D eigenvalue weighted by molar-refractivity contribution is 0.0997. The number of amides is 1. The smallest absolute Gasteiger partial charge is 0.279 e. The van der Waals surface area contributed by atoms with E-state index in [1.807, 2.05) is 18.4 Å². The van der Waals surface area contributed by atoms with E-state index in [4.69, 9.17) is 0 Å². The van der Waals surface area contributed by atoms with E-state index in [-0.39, 0.29) is 16.8 Å². The lowest BCUT2D eigenvalue weighted by Crippen LogP contribution is -2.41. The van der Waals surface area contributed by atoms with Crippen LogP contribution in [0.15, 0.2) is 52.4 Å². The molecule has 1 aromatic heterocycles. The zero-order chi connectivity index (χ0) is 22.2. The minimum Gasteiger partial charge on any atom is -0.317 e. The molecule has 0 saturated carbocycles. The number of halogens is 1. The van der Waals surface area contributed by atoms with E-state index < -0.39 is 15.9 Å². The molecule has 0 radical (unpaired) electrons. The van der Waals surface area contributed by atoms with Gasteiger partial charge in [-0.2, -0.15) is 9.30 Å². The van der Waals surface area contributed by atoms with Crippen molar-refractivity contribution < 1.29 is 17.6 Å². The van der Waals surface area contributed by atoms with Crippen molar-refractivity contribution in [1.29, 1.82) is 0 Å². The fourth-order valence-corrected chi connectivity index (χ4v) is 6.74. The average Bonchev–Trinajstić information content (AvgIpc) is 3.09. The van der Waals surface area contributed by atoms with Gasteiger partial charge < -0.3 is 4.57 Å². The summed E-state index contributed by atoms with van der Waals surface area (Å²) in [7, 11) is -3.59. The van der Waals surface area contributed by atoms with Gasteiger partial charge in [0.1, 0.15) is 5.82 Å². The highest BCUT2D eigenvalue weighted by molar-refractivity contribution is 7.89. The lowest BCUT2D eigenvalue weighted by Gasteiger charge is -2.32. The van der Waals surface area contributed by atoms with E-state index in [0.717, 1.165) is 24.8 Å². The lowest BCUT2D eigenvalue weighted by atomic mass is 10.1. The second-order valence-corrected chi connectivity index (χ2v) is 10.5. The Morgan fingerprint density at radius 3 is 2.61 bits per heavy atom. The molecule has 4 rings (SSSR count). The number of hydrogen-bond donors (Lipinski definition) is 0. The van der Waals surface area contributed by atoms with Gasteiger partial charge >= 0.3 is 0 Å². The van der Waals surface area contributed by atoms with E-state index in [9.17, 15) is 17.6 Å². The maximum atomic E-state index is 13.5. The summed E-state index contributed by atoms with van der Waals surface area (Å²) in [5.74, 6) is -0.806. The molecule has 1 amide bonds. The van der Waals surface area contributed by atoms with E-state index in [1.54, 1.807) is 6.07 Å². The SMILES string of the molecule is CCn1c(=NC(=O)c2ccc(S(=O)(=O)N3CCCCC3C)cc2)sc2cc(F)ccc21. The van der Waals surface area contributed by atoms with Crippen molar-refractivity contribution in [3.8, 4) is 0 Å². The number of nitrogens with zero attached hydrogens (tertiary/aromatic N) is 3. The molecule has 1 fully saturated rings. The number of piperidine rings is 1. The van der Waals surface area contributed by atoms with Gasteiger partial charge in [-0.15, -0.1) is 0 Å². The molecule has 31 heavy (non-hydrogen) atoms. The number of carbonyl (C=O) groups excluding carboxylic acids is 1. The number of hydrogen-bond acceptors (Lipinski definition) is 4. The summed E-state index contributed by atoms with van der Waals surface area (Å²) in [5, 5.41) is 0. The monoisotopic (exact) mass is 461 g/mol. The third kappa shape index (κ3) is 4.22. The highest BCUT2D eigenvalue weighted by Crippen LogP contribution is 2.25. The molecule has 1 aliphatic rings. The van der Waals surface area contributed by atoms with Crippen molar-refractivity contribution in [1.82, 2.24) is 8.87 Å². The molecule has 0 bridgehead atoms. The third-order valence-corrected chi connectivity index (χ3v) is 8.68. The molecule has 0 aliphatic carbocycles. The summed E-state index contributed by atoms with van der Waals surface area (Å²) in [6, 6.07) is 10.4. The first-order valence-corrected chi connectivity index (χ1v) is 12.6. The molecule has 2 aromatic carbocycles. The minimum atomic E-state index is -3.59. The van der Waals surface area contributed by atoms with E-state index in [1.165, 1.54) is 52.0 Å². The van der Waals surface area contributed by atoms with E-state index in [2.05, 4.69) is 4.99 Å². The summed E-state index contributed by atoms with van der Waals surface area (Å²) in [4.78, 5) is 17.6. The van der Waals surface area contributed by atoms with Crippen LogP contribution in [0.4, 0.5) is 4.39 Å². The van der Waals surface area contributed by atoms with Crippen molar-refractivity contribution in [2.75, 3.05) is 6.54 Å². The molecule has 164 valence electrons. The molecular formula is C22H24FN3O3S2. The third-order valence-electron chi connectivity index (χ3n) is 5.61. The number of carbonyl (C=O) groups is 1. The van der Waals surface area contributed by atoms with Crippen molar-refractivity contribution in [2.24, 2.45) is 4.99 Å². The summed E-state index contributed by atoms with van der Waals surface area (Å²) in [6.45, 7) is 4.96. The van der Waals surface area contributed by atoms with Crippen LogP contribution in [0.1, 0.15) is 43.5 Å². The number of benzene rings is 2. The van der Waals surface area contributed by atoms with Crippen LogP contribution in [-0.4, -0.2) is 35.8 Å². The minimum absolute atomic E-state index is 0.0302. The largest absolute Gasteiger partial charge is 0.317 e. The Hall–Kier alpha value is -2.36. The van der Waals surface area contributed by atoms with Gasteiger partial charge in [0.2, 0.25) is 10.0 Å². The quantitative estimate of drug-likeness (QED) is 0.586. The summed E-state index contributed by atoms with van der Waals surface area (Å²) >= 11 is 1.24. The summed E-state index contributed by atoms with van der Waals surface area (Å²) < 4.78 is 43.6. The Morgan fingerprint density at radius 1 is 1.19 bits per heavy atom. The molecule has 3 aromatic rings. The van der Waals surface area contributed by atoms with Gasteiger partial charge in [0.25, 0.3) is 5.91 Å². The van der Waals surface area contributed by atoms with Crippen molar-refractivity contribution >= 4 is 37.5 Å². The van der Waals surface area contributed by atoms with Crippen LogP contribution in [0.2, 0.25) is 0 Å². The van der Waals surface area contributed by atoms with Gasteiger partial charge in [-0.05, 0) is 69.2 Å². The first-order chi connectivity index (χ1) is 14.8. The Morgan fingerprint density at radius 2 is 1.94 bits per heavy atom. The van der Waals surface area contributed by atoms with Crippen LogP contribution >= 0.6 is 11.3 Å². The van der Waals surface area contributed by atoms with Gasteiger partial charge in [0.05, 0.1) is 15.1 Å². The Balaban J connectivity index is 1.64. The molecule has 1 unspecified atom stereocenters. The molecule has 1 atom stereocenters. The molecule has 0 spiro atoms. The average molecular weight is 462 g/mol. The Kier molecular flexibility index (Phi) is 6.09. The molecule has 9 heteroatoms. The summed E-state index contributed by atoms with van der Waals surface area (Å²) in [6.07, 6.45) is 2.74. The first-order valence-electron chi connectivity index (χ1n) is 10.3. The van der Waals surface area contributed by atoms with Gasteiger partial charge in [0.15, 0.2) is 4.80 Å². The molecular weight excluding hydrogens is 437 g/mol. The second kappa shape index (κ2) is 8.64. The van der Waals surface area contributed by atoms with Gasteiger partial charge in [-0.25, -0.2) is 12.8 Å². The zero-order valence-corrected chi connectivity index (χ0v) is 19.0. The molecule has 2 heterocycles. The second-order valence-electron chi connectivity index (χ2n) is 7.64. The number of sulfonamides is 1. The van der Waals surface area contributed by atoms with Crippen LogP contribution in [-0.2, 0) is 16.6 Å². The van der Waals surface area contributed by atoms with Gasteiger partial charge in [-0.1, -0.05) is 17.8 Å². The normalized spacial score (nSPS) is 18.5. The maximum Gasteiger partial charge on any atom is 0.279 e. The topological polar surface area (TPSA) is 71.7 Å². The highest BCUT2D eigenvalue weighted by Gasteiger charge is 2.30. The number of aromatic nitrogens is 1.